The van der Waals surface area contributed by atoms with Crippen LogP contribution in [-0.2, 0) is 11.0 Å². The Morgan fingerprint density at radius 3 is 2.08 bits per heavy atom. The molecule has 0 saturated heterocycles. The van der Waals surface area contributed by atoms with E-state index < -0.39 is 29.3 Å². The van der Waals surface area contributed by atoms with Gasteiger partial charge in [0.15, 0.2) is 11.6 Å². The zero-order chi connectivity index (χ0) is 17.9. The highest BCUT2D eigenvalue weighted by Crippen LogP contribution is 2.29. The fourth-order valence-electron chi connectivity index (χ4n) is 1.73. The van der Waals surface area contributed by atoms with Gasteiger partial charge in [-0.15, -0.1) is 0 Å². The maximum Gasteiger partial charge on any atom is 0.416 e. The lowest BCUT2D eigenvalue weighted by atomic mass is 10.1. The number of nitrogens with zero attached hydrogens (tertiary/aromatic N) is 1. The van der Waals surface area contributed by atoms with Crippen molar-refractivity contribution in [1.82, 2.24) is 0 Å². The molecule has 0 heterocycles. The van der Waals surface area contributed by atoms with E-state index in [4.69, 9.17) is 0 Å². The minimum Gasteiger partial charge on any atom is -0.313 e. The third-order valence-electron chi connectivity index (χ3n) is 3.05. The van der Waals surface area contributed by atoms with Crippen molar-refractivity contribution in [2.75, 3.05) is 0 Å². The molecule has 2 aromatic rings. The van der Waals surface area contributed by atoms with E-state index >= 15 is 0 Å². The number of rotatable bonds is 3. The Kier molecular flexibility index (Phi) is 4.96. The van der Waals surface area contributed by atoms with Gasteiger partial charge < -0.3 is 4.84 Å². The van der Waals surface area contributed by atoms with Gasteiger partial charge in [-0.05, 0) is 49.4 Å². The zero-order valence-corrected chi connectivity index (χ0v) is 12.2. The van der Waals surface area contributed by atoms with Gasteiger partial charge in [0.2, 0.25) is 0 Å². The number of halogens is 5. The van der Waals surface area contributed by atoms with Gasteiger partial charge in [-0.2, -0.15) is 13.2 Å². The minimum atomic E-state index is -4.51. The summed E-state index contributed by atoms with van der Waals surface area (Å²) in [4.78, 5) is 16.3. The molecule has 8 heteroatoms. The summed E-state index contributed by atoms with van der Waals surface area (Å²) >= 11 is 0. The number of carbonyl (C=O) groups is 1. The molecular formula is C16H10F5NO2. The SMILES string of the molecule is C/C(=N/OC(=O)c1ccc(C(F)(F)F)cc1)c1ccc(F)c(F)c1. The topological polar surface area (TPSA) is 38.7 Å². The van der Waals surface area contributed by atoms with Crippen LogP contribution in [0, 0.1) is 11.6 Å². The molecule has 0 N–H and O–H groups in total. The Labute approximate surface area is 133 Å². The molecule has 0 unspecified atom stereocenters. The van der Waals surface area contributed by atoms with Crippen LogP contribution in [0.5, 0.6) is 0 Å². The van der Waals surface area contributed by atoms with Crippen molar-refractivity contribution in [3.63, 3.8) is 0 Å². The maximum absolute atomic E-state index is 13.1. The fourth-order valence-corrected chi connectivity index (χ4v) is 1.73. The highest BCUT2D eigenvalue weighted by atomic mass is 19.4. The van der Waals surface area contributed by atoms with Crippen LogP contribution in [0.2, 0.25) is 0 Å². The lowest BCUT2D eigenvalue weighted by Crippen LogP contribution is -2.07. The predicted molar refractivity (Wildman–Crippen MR) is 75.4 cm³/mol. The molecule has 0 bridgehead atoms. The molecule has 2 aromatic carbocycles. The number of hydrogen-bond donors (Lipinski definition) is 0. The van der Waals surface area contributed by atoms with Crippen molar-refractivity contribution in [1.29, 1.82) is 0 Å². The molecular weight excluding hydrogens is 333 g/mol. The van der Waals surface area contributed by atoms with Gasteiger partial charge in [-0.25, -0.2) is 13.6 Å². The van der Waals surface area contributed by atoms with E-state index in [0.29, 0.717) is 0 Å². The van der Waals surface area contributed by atoms with E-state index in [0.717, 1.165) is 36.4 Å². The zero-order valence-electron chi connectivity index (χ0n) is 12.2. The Morgan fingerprint density at radius 2 is 1.54 bits per heavy atom. The van der Waals surface area contributed by atoms with E-state index in [1.807, 2.05) is 0 Å². The van der Waals surface area contributed by atoms with Gasteiger partial charge in [0, 0.05) is 5.56 Å². The molecule has 0 spiro atoms. The van der Waals surface area contributed by atoms with Gasteiger partial charge in [-0.3, -0.25) is 0 Å². The monoisotopic (exact) mass is 343 g/mol. The van der Waals surface area contributed by atoms with Crippen LogP contribution in [0.4, 0.5) is 22.0 Å². The average Bonchev–Trinajstić information content (AvgIpc) is 2.54. The number of oxime groups is 1. The van der Waals surface area contributed by atoms with Crippen LogP contribution in [-0.4, -0.2) is 11.7 Å². The Morgan fingerprint density at radius 1 is 0.958 bits per heavy atom. The molecule has 2 rings (SSSR count). The second-order valence-corrected chi connectivity index (χ2v) is 4.76. The third kappa shape index (κ3) is 4.15. The highest BCUT2D eigenvalue weighted by Gasteiger charge is 2.30. The summed E-state index contributed by atoms with van der Waals surface area (Å²) in [6.45, 7) is 1.40. The van der Waals surface area contributed by atoms with Crippen LogP contribution in [0.3, 0.4) is 0 Å². The van der Waals surface area contributed by atoms with Crippen molar-refractivity contribution >= 4 is 11.7 Å². The summed E-state index contributed by atoms with van der Waals surface area (Å²) in [7, 11) is 0. The Hall–Kier alpha value is -2.77. The van der Waals surface area contributed by atoms with E-state index in [2.05, 4.69) is 9.99 Å². The molecule has 0 aliphatic heterocycles. The van der Waals surface area contributed by atoms with E-state index in [1.165, 1.54) is 13.0 Å². The standard InChI is InChI=1S/C16H10F5NO2/c1-9(11-4-7-13(17)14(18)8-11)22-24-15(23)10-2-5-12(6-3-10)16(19,20)21/h2-8H,1H3/b22-9-. The second-order valence-electron chi connectivity index (χ2n) is 4.76. The molecule has 0 radical (unpaired) electrons. The first-order valence-electron chi connectivity index (χ1n) is 6.57. The first-order chi connectivity index (χ1) is 11.2. The minimum absolute atomic E-state index is 0.0918. The summed E-state index contributed by atoms with van der Waals surface area (Å²) in [5.41, 5.74) is -0.756. The van der Waals surface area contributed by atoms with Gasteiger partial charge in [0.05, 0.1) is 16.8 Å². The molecule has 0 fully saturated rings. The lowest BCUT2D eigenvalue weighted by Gasteiger charge is -2.06. The molecule has 126 valence electrons. The second kappa shape index (κ2) is 6.77. The first-order valence-corrected chi connectivity index (χ1v) is 6.57. The van der Waals surface area contributed by atoms with Gasteiger partial charge in [0.1, 0.15) is 0 Å². The van der Waals surface area contributed by atoms with E-state index in [-0.39, 0.29) is 16.8 Å². The van der Waals surface area contributed by atoms with E-state index in [1.54, 1.807) is 0 Å². The molecule has 0 aliphatic rings. The molecule has 3 nitrogen and oxygen atoms in total. The molecule has 0 aliphatic carbocycles. The molecule has 24 heavy (non-hydrogen) atoms. The van der Waals surface area contributed by atoms with Crippen molar-refractivity contribution in [3.05, 3.63) is 70.8 Å². The van der Waals surface area contributed by atoms with E-state index in [9.17, 15) is 26.7 Å². The summed E-state index contributed by atoms with van der Waals surface area (Å²) in [5, 5.41) is 3.47. The Bertz CT molecular complexity index is 782. The van der Waals surface area contributed by atoms with Crippen LogP contribution < -0.4 is 0 Å². The van der Waals surface area contributed by atoms with Crippen molar-refractivity contribution < 1.29 is 31.6 Å². The normalized spacial score (nSPS) is 12.2. The first kappa shape index (κ1) is 17.6. The molecule has 0 aromatic heterocycles. The number of hydrogen-bond acceptors (Lipinski definition) is 3. The fraction of sp³-hybridized carbons (Fsp3) is 0.125. The lowest BCUT2D eigenvalue weighted by molar-refractivity contribution is -0.137. The van der Waals surface area contributed by atoms with Gasteiger partial charge in [-0.1, -0.05) is 5.16 Å². The average molecular weight is 343 g/mol. The van der Waals surface area contributed by atoms with Crippen molar-refractivity contribution in [3.8, 4) is 0 Å². The quantitative estimate of drug-likeness (QED) is 0.355. The number of benzene rings is 2. The van der Waals surface area contributed by atoms with Crippen LogP contribution in [0.25, 0.3) is 0 Å². The summed E-state index contributed by atoms with van der Waals surface area (Å²) in [6, 6.07) is 6.39. The number of carbonyl (C=O) groups excluding carboxylic acids is 1. The van der Waals surface area contributed by atoms with Crippen molar-refractivity contribution in [2.45, 2.75) is 13.1 Å². The third-order valence-corrected chi connectivity index (χ3v) is 3.05. The molecule has 0 saturated carbocycles. The predicted octanol–water partition coefficient (Wildman–Crippen LogP) is 4.56. The number of alkyl halides is 3. The Balaban J connectivity index is 2.10. The van der Waals surface area contributed by atoms with Gasteiger partial charge >= 0.3 is 12.1 Å². The summed E-state index contributed by atoms with van der Waals surface area (Å²) < 4.78 is 63.2. The van der Waals surface area contributed by atoms with Crippen LogP contribution in [0.15, 0.2) is 47.6 Å². The summed E-state index contributed by atoms with van der Waals surface area (Å²) in [5.74, 6) is -3.10. The smallest absolute Gasteiger partial charge is 0.313 e. The van der Waals surface area contributed by atoms with Crippen LogP contribution in [0.1, 0.15) is 28.4 Å². The van der Waals surface area contributed by atoms with Crippen molar-refractivity contribution in [2.24, 2.45) is 5.16 Å². The molecule has 0 amide bonds. The van der Waals surface area contributed by atoms with Gasteiger partial charge in [0.25, 0.3) is 0 Å². The summed E-state index contributed by atoms with van der Waals surface area (Å²) in [6.07, 6.45) is -4.51. The molecule has 0 atom stereocenters. The van der Waals surface area contributed by atoms with Crippen LogP contribution >= 0.6 is 0 Å². The highest BCUT2D eigenvalue weighted by molar-refractivity contribution is 5.99. The largest absolute Gasteiger partial charge is 0.416 e. The maximum atomic E-state index is 13.1.